The number of carbonyl (C=O) groups excluding carboxylic acids is 3. The van der Waals surface area contributed by atoms with Crippen LogP contribution in [0.3, 0.4) is 0 Å². The zero-order chi connectivity index (χ0) is 19.2. The molecule has 1 aromatic heterocycles. The Morgan fingerprint density at radius 1 is 1.19 bits per heavy atom. The summed E-state index contributed by atoms with van der Waals surface area (Å²) in [5, 5.41) is 5.38. The highest BCUT2D eigenvalue weighted by atomic mass is 16.3. The molecule has 3 rings (SSSR count). The van der Waals surface area contributed by atoms with Crippen molar-refractivity contribution in [3.8, 4) is 0 Å². The van der Waals surface area contributed by atoms with E-state index in [1.165, 1.54) is 12.7 Å². The number of carbonyl (C=O) groups is 3. The average Bonchev–Trinajstić information content (AvgIpc) is 3.22. The third kappa shape index (κ3) is 5.09. The lowest BCUT2D eigenvalue weighted by atomic mass is 9.96. The predicted octanol–water partition coefficient (Wildman–Crippen LogP) is 0.167. The number of nitrogens with one attached hydrogen (secondary N) is 3. The molecule has 8 nitrogen and oxygen atoms in total. The summed E-state index contributed by atoms with van der Waals surface area (Å²) >= 11 is 0. The topological polar surface area (TPSA) is 96.1 Å². The Balaban J connectivity index is 1.42. The van der Waals surface area contributed by atoms with Crippen molar-refractivity contribution in [1.82, 2.24) is 15.5 Å². The van der Waals surface area contributed by atoms with E-state index in [0.717, 1.165) is 30.6 Å². The van der Waals surface area contributed by atoms with E-state index in [9.17, 15) is 14.4 Å². The van der Waals surface area contributed by atoms with Crippen molar-refractivity contribution in [2.45, 2.75) is 51.1 Å². The highest BCUT2D eigenvalue weighted by molar-refractivity contribution is 5.96. The number of quaternary nitrogens is 1. The summed E-state index contributed by atoms with van der Waals surface area (Å²) in [6.45, 7) is 4.25. The minimum absolute atomic E-state index is 0.122. The second-order valence-electron chi connectivity index (χ2n) is 7.45. The SMILES string of the molecule is C[C@H](C(=O)NC(=O)NC1CCCCC1)[NH+]1CCN(C(=O)c2ccco2)CC1. The molecule has 27 heavy (non-hydrogen) atoms. The molecule has 0 aromatic carbocycles. The molecule has 2 aliphatic rings. The van der Waals surface area contributed by atoms with Gasteiger partial charge in [0.15, 0.2) is 11.8 Å². The highest BCUT2D eigenvalue weighted by Crippen LogP contribution is 2.17. The molecule has 148 valence electrons. The number of piperazine rings is 1. The molecule has 8 heteroatoms. The van der Waals surface area contributed by atoms with Gasteiger partial charge in [-0.25, -0.2) is 4.79 Å². The Morgan fingerprint density at radius 3 is 2.52 bits per heavy atom. The summed E-state index contributed by atoms with van der Waals surface area (Å²) < 4.78 is 5.16. The van der Waals surface area contributed by atoms with Crippen LogP contribution in [0.1, 0.15) is 49.6 Å². The molecule has 0 bridgehead atoms. The fourth-order valence-electron chi connectivity index (χ4n) is 3.86. The van der Waals surface area contributed by atoms with Crippen molar-refractivity contribution < 1.29 is 23.7 Å². The molecule has 3 N–H and O–H groups in total. The Hall–Kier alpha value is -2.35. The van der Waals surface area contributed by atoms with Crippen molar-refractivity contribution in [3.05, 3.63) is 24.2 Å². The summed E-state index contributed by atoms with van der Waals surface area (Å²) in [7, 11) is 0. The van der Waals surface area contributed by atoms with Crippen LogP contribution < -0.4 is 15.5 Å². The van der Waals surface area contributed by atoms with E-state index in [2.05, 4.69) is 10.6 Å². The number of furan rings is 1. The average molecular weight is 377 g/mol. The normalized spacial score (nSPS) is 20.1. The van der Waals surface area contributed by atoms with Gasteiger partial charge in [0.05, 0.1) is 32.4 Å². The van der Waals surface area contributed by atoms with Crippen LogP contribution in [0.4, 0.5) is 4.79 Å². The number of nitrogens with zero attached hydrogens (tertiary/aromatic N) is 1. The smallest absolute Gasteiger partial charge is 0.321 e. The zero-order valence-corrected chi connectivity index (χ0v) is 15.8. The first-order valence-corrected chi connectivity index (χ1v) is 9.83. The first-order chi connectivity index (χ1) is 13.0. The van der Waals surface area contributed by atoms with E-state index >= 15 is 0 Å². The molecule has 1 aliphatic carbocycles. The van der Waals surface area contributed by atoms with Crippen molar-refractivity contribution in [2.75, 3.05) is 26.2 Å². The molecule has 1 saturated carbocycles. The van der Waals surface area contributed by atoms with Crippen LogP contribution in [0.25, 0.3) is 0 Å². The van der Waals surface area contributed by atoms with Gasteiger partial charge in [0.2, 0.25) is 0 Å². The monoisotopic (exact) mass is 377 g/mol. The third-order valence-corrected chi connectivity index (χ3v) is 5.61. The van der Waals surface area contributed by atoms with Gasteiger partial charge in [0, 0.05) is 6.04 Å². The van der Waals surface area contributed by atoms with Gasteiger partial charge >= 0.3 is 6.03 Å². The van der Waals surface area contributed by atoms with Gasteiger partial charge in [-0.15, -0.1) is 0 Å². The number of urea groups is 1. The maximum absolute atomic E-state index is 12.4. The first-order valence-electron chi connectivity index (χ1n) is 9.83. The summed E-state index contributed by atoms with van der Waals surface area (Å²) in [6.07, 6.45) is 6.91. The summed E-state index contributed by atoms with van der Waals surface area (Å²) in [4.78, 5) is 39.6. The fourth-order valence-corrected chi connectivity index (χ4v) is 3.86. The largest absolute Gasteiger partial charge is 0.459 e. The molecule has 2 fully saturated rings. The van der Waals surface area contributed by atoms with E-state index in [4.69, 9.17) is 4.42 Å². The van der Waals surface area contributed by atoms with Gasteiger partial charge in [-0.1, -0.05) is 19.3 Å². The van der Waals surface area contributed by atoms with Crippen LogP contribution in [0.2, 0.25) is 0 Å². The van der Waals surface area contributed by atoms with Crippen LogP contribution in [0.15, 0.2) is 22.8 Å². The Kier molecular flexibility index (Phi) is 6.49. The van der Waals surface area contributed by atoms with E-state index in [1.54, 1.807) is 17.0 Å². The standard InChI is InChI=1S/C19H28N4O4/c1-14(17(24)21-19(26)20-15-6-3-2-4-7-15)22-9-11-23(12-10-22)18(25)16-8-5-13-27-16/h5,8,13-15H,2-4,6-7,9-12H2,1H3,(H2,20,21,24,26)/p+1/t14-/m1/s1. The molecular weight excluding hydrogens is 348 g/mol. The molecule has 0 unspecified atom stereocenters. The van der Waals surface area contributed by atoms with Crippen molar-refractivity contribution >= 4 is 17.8 Å². The lowest BCUT2D eigenvalue weighted by Crippen LogP contribution is -3.19. The van der Waals surface area contributed by atoms with Crippen LogP contribution >= 0.6 is 0 Å². The molecule has 1 aromatic rings. The second-order valence-corrected chi connectivity index (χ2v) is 7.45. The fraction of sp³-hybridized carbons (Fsp3) is 0.632. The number of imide groups is 1. The van der Waals surface area contributed by atoms with Crippen molar-refractivity contribution in [3.63, 3.8) is 0 Å². The number of amides is 4. The highest BCUT2D eigenvalue weighted by Gasteiger charge is 2.32. The Bertz CT molecular complexity index is 647. The molecule has 1 atom stereocenters. The van der Waals surface area contributed by atoms with Crippen LogP contribution in [-0.2, 0) is 4.79 Å². The molecule has 0 spiro atoms. The van der Waals surface area contributed by atoms with Gasteiger partial charge < -0.3 is 19.5 Å². The number of hydrogen-bond acceptors (Lipinski definition) is 4. The molecule has 4 amide bonds. The minimum atomic E-state index is -0.398. The molecular formula is C19H29N4O4+. The van der Waals surface area contributed by atoms with Gasteiger partial charge in [-0.3, -0.25) is 14.9 Å². The van der Waals surface area contributed by atoms with Crippen molar-refractivity contribution in [1.29, 1.82) is 0 Å². The van der Waals surface area contributed by atoms with Gasteiger partial charge in [0.1, 0.15) is 0 Å². The van der Waals surface area contributed by atoms with E-state index in [-0.39, 0.29) is 23.9 Å². The van der Waals surface area contributed by atoms with Crippen LogP contribution in [0.5, 0.6) is 0 Å². The van der Waals surface area contributed by atoms with Gasteiger partial charge in [0.25, 0.3) is 11.8 Å². The van der Waals surface area contributed by atoms with Crippen LogP contribution in [-0.4, -0.2) is 61.0 Å². The van der Waals surface area contributed by atoms with E-state index in [0.29, 0.717) is 31.9 Å². The van der Waals surface area contributed by atoms with E-state index < -0.39 is 6.03 Å². The molecule has 0 radical (unpaired) electrons. The first kappa shape index (κ1) is 19.4. The molecule has 1 saturated heterocycles. The summed E-state index contributed by atoms with van der Waals surface area (Å²) in [5.74, 6) is -0.0595. The third-order valence-electron chi connectivity index (χ3n) is 5.61. The lowest BCUT2D eigenvalue weighted by Gasteiger charge is -2.34. The second kappa shape index (κ2) is 9.03. The Labute approximate surface area is 159 Å². The van der Waals surface area contributed by atoms with Gasteiger partial charge in [-0.05, 0) is 31.9 Å². The maximum atomic E-state index is 12.4. The zero-order valence-electron chi connectivity index (χ0n) is 15.8. The number of hydrogen-bond donors (Lipinski definition) is 3. The van der Waals surface area contributed by atoms with Crippen LogP contribution in [0, 0.1) is 0 Å². The molecule has 1 aliphatic heterocycles. The maximum Gasteiger partial charge on any atom is 0.321 e. The molecule has 2 heterocycles. The summed E-state index contributed by atoms with van der Waals surface area (Å²) in [5.41, 5.74) is 0. The number of rotatable bonds is 4. The quantitative estimate of drug-likeness (QED) is 0.697. The summed E-state index contributed by atoms with van der Waals surface area (Å²) in [6, 6.07) is 2.78. The van der Waals surface area contributed by atoms with Crippen molar-refractivity contribution in [2.24, 2.45) is 0 Å². The van der Waals surface area contributed by atoms with E-state index in [1.807, 2.05) is 6.92 Å². The minimum Gasteiger partial charge on any atom is -0.459 e. The predicted molar refractivity (Wildman–Crippen MR) is 98.3 cm³/mol. The lowest BCUT2D eigenvalue weighted by molar-refractivity contribution is -0.917. The Morgan fingerprint density at radius 2 is 1.89 bits per heavy atom. The van der Waals surface area contributed by atoms with Gasteiger partial charge in [-0.2, -0.15) is 0 Å².